The van der Waals surface area contributed by atoms with Crippen molar-refractivity contribution in [1.82, 2.24) is 9.38 Å². The SMILES string of the molecule is Cc1cc(S(=O)(=O)Nc2cccc(-c3cn4ccsc4n3)c2)c(Cl)cc1Cl. The zero-order valence-corrected chi connectivity index (χ0v) is 17.1. The maximum absolute atomic E-state index is 12.8. The van der Waals surface area contributed by atoms with Crippen molar-refractivity contribution in [2.75, 3.05) is 4.72 Å². The third kappa shape index (κ3) is 3.55. The number of nitrogens with one attached hydrogen (secondary N) is 1. The van der Waals surface area contributed by atoms with Crippen molar-refractivity contribution >= 4 is 55.2 Å². The van der Waals surface area contributed by atoms with E-state index in [-0.39, 0.29) is 9.92 Å². The van der Waals surface area contributed by atoms with Crippen LogP contribution >= 0.6 is 34.5 Å². The second-order valence-electron chi connectivity index (χ2n) is 5.94. The molecule has 4 rings (SSSR count). The number of hydrogen-bond acceptors (Lipinski definition) is 4. The van der Waals surface area contributed by atoms with Gasteiger partial charge in [0, 0.05) is 34.0 Å². The second-order valence-corrected chi connectivity index (χ2v) is 9.28. The molecule has 9 heteroatoms. The van der Waals surface area contributed by atoms with Crippen LogP contribution in [0, 0.1) is 6.92 Å². The highest BCUT2D eigenvalue weighted by atomic mass is 35.5. The van der Waals surface area contributed by atoms with Crippen molar-refractivity contribution in [1.29, 1.82) is 0 Å². The Morgan fingerprint density at radius 2 is 1.96 bits per heavy atom. The lowest BCUT2D eigenvalue weighted by molar-refractivity contribution is 0.601. The van der Waals surface area contributed by atoms with E-state index < -0.39 is 10.0 Å². The summed E-state index contributed by atoms with van der Waals surface area (Å²) in [4.78, 5) is 5.40. The smallest absolute Gasteiger partial charge is 0.263 e. The normalized spacial score (nSPS) is 11.8. The molecule has 0 spiro atoms. The summed E-state index contributed by atoms with van der Waals surface area (Å²) >= 11 is 13.6. The number of rotatable bonds is 4. The van der Waals surface area contributed by atoms with E-state index in [1.165, 1.54) is 23.5 Å². The van der Waals surface area contributed by atoms with E-state index >= 15 is 0 Å². The minimum absolute atomic E-state index is 0.0148. The molecule has 0 bridgehead atoms. The Morgan fingerprint density at radius 1 is 1.15 bits per heavy atom. The molecule has 2 aromatic carbocycles. The molecule has 27 heavy (non-hydrogen) atoms. The number of hydrogen-bond donors (Lipinski definition) is 1. The molecule has 0 aliphatic carbocycles. The standard InChI is InChI=1S/C18H13Cl2N3O2S2/c1-11-7-17(15(20)9-14(11)19)27(24,25)22-13-4-2-3-12(8-13)16-10-23-5-6-26-18(23)21-16/h2-10,22H,1H3. The molecule has 0 aliphatic rings. The van der Waals surface area contributed by atoms with Gasteiger partial charge in [-0.1, -0.05) is 35.3 Å². The third-order valence-corrected chi connectivity index (χ3v) is 7.03. The molecule has 0 aliphatic heterocycles. The van der Waals surface area contributed by atoms with Crippen LogP contribution in [-0.4, -0.2) is 17.8 Å². The monoisotopic (exact) mass is 437 g/mol. The van der Waals surface area contributed by atoms with Crippen molar-refractivity contribution in [2.24, 2.45) is 0 Å². The van der Waals surface area contributed by atoms with Crippen LogP contribution in [0.3, 0.4) is 0 Å². The molecule has 1 N–H and O–H groups in total. The van der Waals surface area contributed by atoms with Crippen LogP contribution < -0.4 is 4.72 Å². The van der Waals surface area contributed by atoms with Gasteiger partial charge < -0.3 is 0 Å². The van der Waals surface area contributed by atoms with Gasteiger partial charge in [-0.2, -0.15) is 0 Å². The number of sulfonamides is 1. The van der Waals surface area contributed by atoms with Crippen molar-refractivity contribution in [2.45, 2.75) is 11.8 Å². The van der Waals surface area contributed by atoms with Gasteiger partial charge in [0.15, 0.2) is 4.96 Å². The zero-order valence-electron chi connectivity index (χ0n) is 14.0. The minimum Gasteiger partial charge on any atom is -0.297 e. The summed E-state index contributed by atoms with van der Waals surface area (Å²) in [5, 5.41) is 2.44. The van der Waals surface area contributed by atoms with Gasteiger partial charge in [0.2, 0.25) is 0 Å². The molecule has 0 fully saturated rings. The van der Waals surface area contributed by atoms with Gasteiger partial charge in [-0.25, -0.2) is 13.4 Å². The van der Waals surface area contributed by atoms with Crippen LogP contribution in [0.5, 0.6) is 0 Å². The highest BCUT2D eigenvalue weighted by Gasteiger charge is 2.20. The van der Waals surface area contributed by atoms with Gasteiger partial charge in [-0.05, 0) is 36.8 Å². The molecule has 0 atom stereocenters. The minimum atomic E-state index is -3.86. The molecule has 138 valence electrons. The van der Waals surface area contributed by atoms with Crippen LogP contribution in [0.15, 0.2) is 59.1 Å². The molecule has 5 nitrogen and oxygen atoms in total. The number of anilines is 1. The van der Waals surface area contributed by atoms with Crippen molar-refractivity contribution in [3.05, 3.63) is 69.8 Å². The van der Waals surface area contributed by atoms with Crippen molar-refractivity contribution < 1.29 is 8.42 Å². The quantitative estimate of drug-likeness (QED) is 0.459. The van der Waals surface area contributed by atoms with Gasteiger partial charge >= 0.3 is 0 Å². The predicted molar refractivity (Wildman–Crippen MR) is 111 cm³/mol. The van der Waals surface area contributed by atoms with Crippen LogP contribution in [0.4, 0.5) is 5.69 Å². The van der Waals surface area contributed by atoms with Gasteiger partial charge in [0.25, 0.3) is 10.0 Å². The number of halogens is 2. The first-order valence-corrected chi connectivity index (χ1v) is 11.0. The fraction of sp³-hybridized carbons (Fsp3) is 0.0556. The first-order valence-electron chi connectivity index (χ1n) is 7.84. The average Bonchev–Trinajstić information content (AvgIpc) is 3.19. The Morgan fingerprint density at radius 3 is 2.74 bits per heavy atom. The highest BCUT2D eigenvalue weighted by Crippen LogP contribution is 2.30. The second kappa shape index (κ2) is 6.83. The summed E-state index contributed by atoms with van der Waals surface area (Å²) in [7, 11) is -3.86. The summed E-state index contributed by atoms with van der Waals surface area (Å²) in [5.41, 5.74) is 2.63. The molecule has 0 amide bonds. The fourth-order valence-electron chi connectivity index (χ4n) is 2.66. The lowest BCUT2D eigenvalue weighted by Gasteiger charge is -2.11. The van der Waals surface area contributed by atoms with Crippen LogP contribution in [-0.2, 0) is 10.0 Å². The van der Waals surface area contributed by atoms with Crippen LogP contribution in [0.25, 0.3) is 16.2 Å². The molecule has 4 aromatic rings. The molecule has 0 saturated heterocycles. The number of fused-ring (bicyclic) bond motifs is 1. The zero-order chi connectivity index (χ0) is 19.2. The van der Waals surface area contributed by atoms with E-state index in [0.717, 1.165) is 16.2 Å². The first kappa shape index (κ1) is 18.3. The number of aryl methyl sites for hydroxylation is 1. The molecule has 0 unspecified atom stereocenters. The van der Waals surface area contributed by atoms with Crippen molar-refractivity contribution in [3.8, 4) is 11.3 Å². The topological polar surface area (TPSA) is 63.5 Å². The van der Waals surface area contributed by atoms with E-state index in [1.54, 1.807) is 25.1 Å². The van der Waals surface area contributed by atoms with Crippen LogP contribution in [0.2, 0.25) is 10.0 Å². The van der Waals surface area contributed by atoms with E-state index in [0.29, 0.717) is 16.3 Å². The molecule has 2 aromatic heterocycles. The summed E-state index contributed by atoms with van der Waals surface area (Å²) in [6.07, 6.45) is 3.83. The molecular formula is C18H13Cl2N3O2S2. The number of nitrogens with zero attached hydrogens (tertiary/aromatic N) is 2. The Labute approximate surface area is 170 Å². The number of aromatic nitrogens is 2. The van der Waals surface area contributed by atoms with Gasteiger partial charge in [-0.3, -0.25) is 9.12 Å². The Balaban J connectivity index is 1.68. The lowest BCUT2D eigenvalue weighted by Crippen LogP contribution is -2.13. The van der Waals surface area contributed by atoms with E-state index in [4.69, 9.17) is 23.2 Å². The largest absolute Gasteiger partial charge is 0.297 e. The van der Waals surface area contributed by atoms with E-state index in [2.05, 4.69) is 9.71 Å². The summed E-state index contributed by atoms with van der Waals surface area (Å²) in [5.74, 6) is 0. The maximum atomic E-state index is 12.8. The van der Waals surface area contributed by atoms with Crippen LogP contribution in [0.1, 0.15) is 5.56 Å². The predicted octanol–water partition coefficient (Wildman–Crippen LogP) is 5.48. The summed E-state index contributed by atoms with van der Waals surface area (Å²) in [6, 6.07) is 9.96. The summed E-state index contributed by atoms with van der Waals surface area (Å²) < 4.78 is 30.0. The molecule has 0 radical (unpaired) electrons. The maximum Gasteiger partial charge on any atom is 0.263 e. The third-order valence-electron chi connectivity index (χ3n) is 4.01. The molecule has 2 heterocycles. The van der Waals surface area contributed by atoms with E-state index in [9.17, 15) is 8.42 Å². The molecular weight excluding hydrogens is 425 g/mol. The van der Waals surface area contributed by atoms with Gasteiger partial charge in [0.05, 0.1) is 10.7 Å². The average molecular weight is 438 g/mol. The summed E-state index contributed by atoms with van der Waals surface area (Å²) in [6.45, 7) is 1.72. The lowest BCUT2D eigenvalue weighted by atomic mass is 10.1. The Kier molecular flexibility index (Phi) is 4.63. The van der Waals surface area contributed by atoms with Gasteiger partial charge in [0.1, 0.15) is 4.90 Å². The Hall–Kier alpha value is -2.06. The van der Waals surface area contributed by atoms with Gasteiger partial charge in [-0.15, -0.1) is 11.3 Å². The Bertz CT molecular complexity index is 1230. The first-order chi connectivity index (χ1) is 12.8. The molecule has 0 saturated carbocycles. The fourth-order valence-corrected chi connectivity index (χ4v) is 5.24. The van der Waals surface area contributed by atoms with E-state index in [1.807, 2.05) is 28.2 Å². The number of imidazole rings is 1. The highest BCUT2D eigenvalue weighted by molar-refractivity contribution is 7.92. The number of thiazole rings is 1. The van der Waals surface area contributed by atoms with Crippen molar-refractivity contribution in [3.63, 3.8) is 0 Å². The number of benzene rings is 2.